The fraction of sp³-hybridized carbons (Fsp3) is 0.917. The van der Waals surface area contributed by atoms with Gasteiger partial charge >= 0.3 is 0 Å². The van der Waals surface area contributed by atoms with Crippen LogP contribution in [0.4, 0.5) is 0 Å². The van der Waals surface area contributed by atoms with Crippen LogP contribution in [0.2, 0.25) is 0 Å². The molecule has 0 aromatic rings. The third kappa shape index (κ3) is 5.02. The Labute approximate surface area is 102 Å². The first-order valence-electron chi connectivity index (χ1n) is 6.18. The van der Waals surface area contributed by atoms with Gasteiger partial charge in [-0.1, -0.05) is 0 Å². The SMILES string of the molecule is CCOC1CC(CC(=O)NCC(C)(O)CO)C1. The van der Waals surface area contributed by atoms with Crippen molar-refractivity contribution in [3.05, 3.63) is 0 Å². The van der Waals surface area contributed by atoms with Crippen molar-refractivity contribution < 1.29 is 19.7 Å². The van der Waals surface area contributed by atoms with Gasteiger partial charge in [-0.05, 0) is 32.6 Å². The highest BCUT2D eigenvalue weighted by Gasteiger charge is 2.31. The maximum Gasteiger partial charge on any atom is 0.220 e. The van der Waals surface area contributed by atoms with Gasteiger partial charge in [-0.3, -0.25) is 4.79 Å². The second kappa shape index (κ2) is 6.33. The van der Waals surface area contributed by atoms with E-state index in [9.17, 15) is 9.90 Å². The molecule has 1 amide bonds. The lowest BCUT2D eigenvalue weighted by molar-refractivity contribution is -0.125. The van der Waals surface area contributed by atoms with Gasteiger partial charge in [-0.2, -0.15) is 0 Å². The topological polar surface area (TPSA) is 78.8 Å². The van der Waals surface area contributed by atoms with Gasteiger partial charge in [0.1, 0.15) is 5.60 Å². The lowest BCUT2D eigenvalue weighted by Gasteiger charge is -2.34. The number of hydrogen-bond donors (Lipinski definition) is 3. The molecule has 0 aromatic carbocycles. The molecule has 1 fully saturated rings. The Morgan fingerprint density at radius 1 is 1.53 bits per heavy atom. The summed E-state index contributed by atoms with van der Waals surface area (Å²) in [6, 6.07) is 0. The predicted molar refractivity (Wildman–Crippen MR) is 63.5 cm³/mol. The number of nitrogens with one attached hydrogen (secondary N) is 1. The molecule has 0 bridgehead atoms. The molecule has 5 nitrogen and oxygen atoms in total. The Morgan fingerprint density at radius 3 is 2.71 bits per heavy atom. The lowest BCUT2D eigenvalue weighted by Crippen LogP contribution is -2.44. The molecule has 1 unspecified atom stereocenters. The van der Waals surface area contributed by atoms with Gasteiger partial charge < -0.3 is 20.3 Å². The number of carbonyl (C=O) groups is 1. The summed E-state index contributed by atoms with van der Waals surface area (Å²) >= 11 is 0. The van der Waals surface area contributed by atoms with E-state index in [2.05, 4.69) is 5.32 Å². The molecule has 0 aromatic heterocycles. The predicted octanol–water partition coefficient (Wildman–Crippen LogP) is 0.0511. The van der Waals surface area contributed by atoms with Crippen molar-refractivity contribution in [2.75, 3.05) is 19.8 Å². The van der Waals surface area contributed by atoms with Crippen molar-refractivity contribution >= 4 is 5.91 Å². The third-order valence-electron chi connectivity index (χ3n) is 3.08. The smallest absolute Gasteiger partial charge is 0.220 e. The zero-order valence-electron chi connectivity index (χ0n) is 10.6. The van der Waals surface area contributed by atoms with Crippen LogP contribution in [0.15, 0.2) is 0 Å². The fourth-order valence-corrected chi connectivity index (χ4v) is 1.89. The summed E-state index contributed by atoms with van der Waals surface area (Å²) in [6.45, 7) is 3.91. The Balaban J connectivity index is 2.11. The molecular weight excluding hydrogens is 222 g/mol. The summed E-state index contributed by atoms with van der Waals surface area (Å²) in [5, 5.41) is 21.0. The molecule has 1 rings (SSSR count). The van der Waals surface area contributed by atoms with Crippen LogP contribution in [-0.2, 0) is 9.53 Å². The Bertz CT molecular complexity index is 249. The molecule has 5 heteroatoms. The first kappa shape index (κ1) is 14.4. The zero-order chi connectivity index (χ0) is 12.9. The average molecular weight is 245 g/mol. The van der Waals surface area contributed by atoms with E-state index in [0.717, 1.165) is 19.4 Å². The van der Waals surface area contributed by atoms with Crippen LogP contribution in [0.1, 0.15) is 33.1 Å². The molecule has 0 heterocycles. The van der Waals surface area contributed by atoms with Crippen LogP contribution in [0.25, 0.3) is 0 Å². The van der Waals surface area contributed by atoms with E-state index in [1.165, 1.54) is 6.92 Å². The quantitative estimate of drug-likeness (QED) is 0.592. The normalized spacial score (nSPS) is 27.1. The molecule has 0 radical (unpaired) electrons. The van der Waals surface area contributed by atoms with Crippen LogP contribution in [0.3, 0.4) is 0 Å². The molecule has 1 aliphatic rings. The summed E-state index contributed by atoms with van der Waals surface area (Å²) in [5.41, 5.74) is -1.23. The molecule has 3 N–H and O–H groups in total. The van der Waals surface area contributed by atoms with Gasteiger partial charge in [-0.25, -0.2) is 0 Å². The van der Waals surface area contributed by atoms with Crippen molar-refractivity contribution in [3.8, 4) is 0 Å². The first-order chi connectivity index (χ1) is 7.96. The van der Waals surface area contributed by atoms with E-state index in [1.807, 2.05) is 6.92 Å². The van der Waals surface area contributed by atoms with Gasteiger partial charge in [0.05, 0.1) is 12.7 Å². The molecule has 1 saturated carbocycles. The minimum absolute atomic E-state index is 0.0707. The fourth-order valence-electron chi connectivity index (χ4n) is 1.89. The zero-order valence-corrected chi connectivity index (χ0v) is 10.6. The monoisotopic (exact) mass is 245 g/mol. The average Bonchev–Trinajstić information content (AvgIpc) is 2.24. The summed E-state index contributed by atoms with van der Waals surface area (Å²) in [6.07, 6.45) is 2.68. The van der Waals surface area contributed by atoms with Crippen molar-refractivity contribution in [2.24, 2.45) is 5.92 Å². The lowest BCUT2D eigenvalue weighted by atomic mass is 9.80. The van der Waals surface area contributed by atoms with E-state index in [-0.39, 0.29) is 19.1 Å². The Hall–Kier alpha value is -0.650. The molecule has 0 spiro atoms. The highest BCUT2D eigenvalue weighted by molar-refractivity contribution is 5.76. The molecule has 17 heavy (non-hydrogen) atoms. The minimum Gasteiger partial charge on any atom is -0.393 e. The van der Waals surface area contributed by atoms with E-state index in [4.69, 9.17) is 9.84 Å². The molecule has 0 saturated heterocycles. The number of aliphatic hydroxyl groups is 2. The van der Waals surface area contributed by atoms with Crippen molar-refractivity contribution in [1.29, 1.82) is 0 Å². The third-order valence-corrected chi connectivity index (χ3v) is 3.08. The van der Waals surface area contributed by atoms with Gasteiger partial charge in [0.15, 0.2) is 0 Å². The van der Waals surface area contributed by atoms with E-state index in [0.29, 0.717) is 18.4 Å². The van der Waals surface area contributed by atoms with Crippen LogP contribution in [-0.4, -0.2) is 47.6 Å². The van der Waals surface area contributed by atoms with E-state index < -0.39 is 5.60 Å². The standard InChI is InChI=1S/C12H23NO4/c1-3-17-10-4-9(5-10)6-11(15)13-7-12(2,16)8-14/h9-10,14,16H,3-8H2,1-2H3,(H,13,15). The van der Waals surface area contributed by atoms with Gasteiger partial charge in [0, 0.05) is 19.6 Å². The molecule has 100 valence electrons. The van der Waals surface area contributed by atoms with Crippen molar-refractivity contribution in [3.63, 3.8) is 0 Å². The Kier molecular flexibility index (Phi) is 5.36. The van der Waals surface area contributed by atoms with Gasteiger partial charge in [0.2, 0.25) is 5.91 Å². The largest absolute Gasteiger partial charge is 0.393 e. The van der Waals surface area contributed by atoms with Gasteiger partial charge in [-0.15, -0.1) is 0 Å². The Morgan fingerprint density at radius 2 is 2.18 bits per heavy atom. The second-order valence-electron chi connectivity index (χ2n) is 5.05. The maximum atomic E-state index is 11.5. The summed E-state index contributed by atoms with van der Waals surface area (Å²) in [4.78, 5) is 11.5. The summed E-state index contributed by atoms with van der Waals surface area (Å²) < 4.78 is 5.42. The number of hydrogen-bond acceptors (Lipinski definition) is 4. The second-order valence-corrected chi connectivity index (χ2v) is 5.05. The number of amides is 1. The highest BCUT2D eigenvalue weighted by atomic mass is 16.5. The molecule has 0 aliphatic heterocycles. The van der Waals surface area contributed by atoms with Crippen LogP contribution < -0.4 is 5.32 Å². The summed E-state index contributed by atoms with van der Waals surface area (Å²) in [7, 11) is 0. The molecule has 1 aliphatic carbocycles. The van der Waals surface area contributed by atoms with Crippen molar-refractivity contribution in [1.82, 2.24) is 5.32 Å². The van der Waals surface area contributed by atoms with Crippen molar-refractivity contribution in [2.45, 2.75) is 44.8 Å². The number of carbonyl (C=O) groups excluding carboxylic acids is 1. The highest BCUT2D eigenvalue weighted by Crippen LogP contribution is 2.32. The van der Waals surface area contributed by atoms with E-state index in [1.54, 1.807) is 0 Å². The molecule has 1 atom stereocenters. The number of rotatable bonds is 7. The van der Waals surface area contributed by atoms with Crippen LogP contribution in [0.5, 0.6) is 0 Å². The summed E-state index contributed by atoms with van der Waals surface area (Å²) in [5.74, 6) is 0.323. The minimum atomic E-state index is -1.23. The number of aliphatic hydroxyl groups excluding tert-OH is 1. The van der Waals surface area contributed by atoms with Crippen LogP contribution in [0, 0.1) is 5.92 Å². The first-order valence-corrected chi connectivity index (χ1v) is 6.18. The molecular formula is C12H23NO4. The number of ether oxygens (including phenoxy) is 1. The van der Waals surface area contributed by atoms with Crippen LogP contribution >= 0.6 is 0 Å². The van der Waals surface area contributed by atoms with E-state index >= 15 is 0 Å². The maximum absolute atomic E-state index is 11.5. The van der Waals surface area contributed by atoms with Gasteiger partial charge in [0.25, 0.3) is 0 Å².